The largest absolute Gasteiger partial charge is 0.486 e. The molecule has 0 atom stereocenters. The van der Waals surface area contributed by atoms with Crippen LogP contribution in [0.15, 0.2) is 22.7 Å². The van der Waals surface area contributed by atoms with E-state index < -0.39 is 0 Å². The Morgan fingerprint density at radius 1 is 1.43 bits per heavy atom. The van der Waals surface area contributed by atoms with Gasteiger partial charge in [0.1, 0.15) is 11.4 Å². The number of hydrogen-bond donors (Lipinski definition) is 1. The van der Waals surface area contributed by atoms with Crippen LogP contribution in [0.4, 0.5) is 5.69 Å². The molecule has 1 rings (SSSR count). The number of nitrogens with two attached hydrogens (primary N) is 1. The second-order valence-electron chi connectivity index (χ2n) is 3.90. The summed E-state index contributed by atoms with van der Waals surface area (Å²) in [6.45, 7) is 6.19. The van der Waals surface area contributed by atoms with Crippen molar-refractivity contribution in [3.8, 4) is 5.75 Å². The molecule has 3 heteroatoms. The van der Waals surface area contributed by atoms with Crippen LogP contribution in [0.3, 0.4) is 0 Å². The van der Waals surface area contributed by atoms with E-state index in [2.05, 4.69) is 22.9 Å². The Kier molecular flexibility index (Phi) is 3.43. The van der Waals surface area contributed by atoms with Gasteiger partial charge in [0, 0.05) is 4.47 Å². The van der Waals surface area contributed by atoms with Crippen LogP contribution < -0.4 is 10.5 Å². The predicted octanol–water partition coefficient (Wildman–Crippen LogP) is 3.60. The summed E-state index contributed by atoms with van der Waals surface area (Å²) < 4.78 is 6.79. The minimum atomic E-state index is -0.172. The Morgan fingerprint density at radius 3 is 2.64 bits per heavy atom. The first-order valence-corrected chi connectivity index (χ1v) is 5.48. The van der Waals surface area contributed by atoms with Gasteiger partial charge < -0.3 is 10.5 Å². The van der Waals surface area contributed by atoms with Crippen molar-refractivity contribution >= 4 is 21.6 Å². The average molecular weight is 258 g/mol. The average Bonchev–Trinajstić information content (AvgIpc) is 2.11. The van der Waals surface area contributed by atoms with E-state index in [-0.39, 0.29) is 5.60 Å². The highest BCUT2D eigenvalue weighted by molar-refractivity contribution is 9.10. The normalized spacial score (nSPS) is 11.4. The fourth-order valence-corrected chi connectivity index (χ4v) is 1.31. The Bertz CT molecular complexity index is 323. The summed E-state index contributed by atoms with van der Waals surface area (Å²) in [5.74, 6) is 0.742. The Balaban J connectivity index is 2.91. The van der Waals surface area contributed by atoms with E-state index >= 15 is 0 Å². The first-order chi connectivity index (χ1) is 6.44. The zero-order valence-electron chi connectivity index (χ0n) is 8.80. The molecule has 2 nitrogen and oxygen atoms in total. The molecule has 0 bridgehead atoms. The molecular formula is C11H16BrNO. The number of rotatable bonds is 3. The number of ether oxygens (including phenoxy) is 1. The highest BCUT2D eigenvalue weighted by Gasteiger charge is 2.18. The van der Waals surface area contributed by atoms with Gasteiger partial charge in [-0.1, -0.05) is 22.9 Å². The van der Waals surface area contributed by atoms with Gasteiger partial charge in [0.15, 0.2) is 0 Å². The second kappa shape index (κ2) is 4.22. The van der Waals surface area contributed by atoms with Crippen LogP contribution in [-0.4, -0.2) is 5.60 Å². The van der Waals surface area contributed by atoms with Crippen LogP contribution in [0.25, 0.3) is 0 Å². The van der Waals surface area contributed by atoms with E-state index in [0.717, 1.165) is 16.6 Å². The monoisotopic (exact) mass is 257 g/mol. The number of anilines is 1. The van der Waals surface area contributed by atoms with E-state index in [9.17, 15) is 0 Å². The molecule has 0 unspecified atom stereocenters. The smallest absolute Gasteiger partial charge is 0.144 e. The third-order valence-electron chi connectivity index (χ3n) is 2.21. The molecule has 0 heterocycles. The lowest BCUT2D eigenvalue weighted by molar-refractivity contribution is 0.106. The third kappa shape index (κ3) is 2.91. The van der Waals surface area contributed by atoms with Crippen LogP contribution in [0, 0.1) is 0 Å². The van der Waals surface area contributed by atoms with E-state index in [1.165, 1.54) is 0 Å². The third-order valence-corrected chi connectivity index (χ3v) is 2.71. The van der Waals surface area contributed by atoms with Crippen LogP contribution in [0.2, 0.25) is 0 Å². The van der Waals surface area contributed by atoms with Gasteiger partial charge in [-0.15, -0.1) is 0 Å². The molecule has 0 aromatic heterocycles. The van der Waals surface area contributed by atoms with Crippen molar-refractivity contribution in [2.75, 3.05) is 5.73 Å². The van der Waals surface area contributed by atoms with Crippen molar-refractivity contribution in [3.05, 3.63) is 22.7 Å². The maximum absolute atomic E-state index is 5.81. The number of halogens is 1. The zero-order valence-corrected chi connectivity index (χ0v) is 10.4. The molecule has 0 saturated heterocycles. The number of nitrogen functional groups attached to an aromatic ring is 1. The molecule has 1 aromatic carbocycles. The van der Waals surface area contributed by atoms with Gasteiger partial charge in [-0.2, -0.15) is 0 Å². The molecule has 0 amide bonds. The minimum Gasteiger partial charge on any atom is -0.486 e. The minimum absolute atomic E-state index is 0.172. The lowest BCUT2D eigenvalue weighted by Crippen LogP contribution is -2.27. The highest BCUT2D eigenvalue weighted by Crippen LogP contribution is 2.29. The van der Waals surface area contributed by atoms with Gasteiger partial charge in [-0.05, 0) is 38.5 Å². The van der Waals surface area contributed by atoms with Crippen LogP contribution in [0.5, 0.6) is 5.75 Å². The summed E-state index contributed by atoms with van der Waals surface area (Å²) in [5, 5.41) is 0. The second-order valence-corrected chi connectivity index (χ2v) is 4.81. The molecule has 0 aliphatic carbocycles. The molecule has 14 heavy (non-hydrogen) atoms. The van der Waals surface area contributed by atoms with E-state index in [1.807, 2.05) is 32.0 Å². The van der Waals surface area contributed by atoms with Gasteiger partial charge >= 0.3 is 0 Å². The van der Waals surface area contributed by atoms with E-state index in [1.54, 1.807) is 0 Å². The van der Waals surface area contributed by atoms with Crippen molar-refractivity contribution < 1.29 is 4.74 Å². The summed E-state index contributed by atoms with van der Waals surface area (Å²) in [7, 11) is 0. The highest BCUT2D eigenvalue weighted by atomic mass is 79.9. The van der Waals surface area contributed by atoms with Gasteiger partial charge in [-0.3, -0.25) is 0 Å². The maximum atomic E-state index is 5.81. The number of benzene rings is 1. The lowest BCUT2D eigenvalue weighted by Gasteiger charge is -2.25. The van der Waals surface area contributed by atoms with Crippen LogP contribution >= 0.6 is 15.9 Å². The first kappa shape index (κ1) is 11.4. The van der Waals surface area contributed by atoms with Gasteiger partial charge in [-0.25, -0.2) is 0 Å². The molecule has 0 saturated carbocycles. The van der Waals surface area contributed by atoms with Gasteiger partial charge in [0.2, 0.25) is 0 Å². The quantitative estimate of drug-likeness (QED) is 0.841. The maximum Gasteiger partial charge on any atom is 0.144 e. The summed E-state index contributed by atoms with van der Waals surface area (Å²) in [6.07, 6.45) is 0.943. The molecule has 0 spiro atoms. The van der Waals surface area contributed by atoms with Crippen molar-refractivity contribution in [1.29, 1.82) is 0 Å². The number of hydrogen-bond acceptors (Lipinski definition) is 2. The van der Waals surface area contributed by atoms with Crippen molar-refractivity contribution in [2.24, 2.45) is 0 Å². The summed E-state index contributed by atoms with van der Waals surface area (Å²) in [5.41, 5.74) is 6.31. The van der Waals surface area contributed by atoms with Crippen molar-refractivity contribution in [1.82, 2.24) is 0 Å². The van der Waals surface area contributed by atoms with Crippen LogP contribution in [0.1, 0.15) is 27.2 Å². The molecule has 2 N–H and O–H groups in total. The standard InChI is InChI=1S/C11H16BrNO/c1-4-11(2,3)14-10-7-8(12)5-6-9(10)13/h5-7H,4,13H2,1-3H3. The first-order valence-electron chi connectivity index (χ1n) is 4.68. The summed E-state index contributed by atoms with van der Waals surface area (Å²) in [6, 6.07) is 5.64. The molecular weight excluding hydrogens is 242 g/mol. The van der Waals surface area contributed by atoms with Crippen LogP contribution in [-0.2, 0) is 0 Å². The Morgan fingerprint density at radius 2 is 2.07 bits per heavy atom. The fraction of sp³-hybridized carbons (Fsp3) is 0.455. The van der Waals surface area contributed by atoms with Gasteiger partial charge in [0.05, 0.1) is 5.69 Å². The molecule has 0 radical (unpaired) electrons. The Labute approximate surface area is 93.6 Å². The van der Waals surface area contributed by atoms with Gasteiger partial charge in [0.25, 0.3) is 0 Å². The summed E-state index contributed by atoms with van der Waals surface area (Å²) in [4.78, 5) is 0. The summed E-state index contributed by atoms with van der Waals surface area (Å²) >= 11 is 3.39. The van der Waals surface area contributed by atoms with E-state index in [0.29, 0.717) is 5.69 Å². The molecule has 78 valence electrons. The van der Waals surface area contributed by atoms with Crippen molar-refractivity contribution in [3.63, 3.8) is 0 Å². The molecule has 0 fully saturated rings. The molecule has 1 aromatic rings. The SMILES string of the molecule is CCC(C)(C)Oc1cc(Br)ccc1N. The molecule has 0 aliphatic rings. The van der Waals surface area contributed by atoms with Crippen molar-refractivity contribution in [2.45, 2.75) is 32.8 Å². The lowest BCUT2D eigenvalue weighted by atomic mass is 10.1. The topological polar surface area (TPSA) is 35.2 Å². The van der Waals surface area contributed by atoms with E-state index in [4.69, 9.17) is 10.5 Å². The zero-order chi connectivity index (χ0) is 10.8. The Hall–Kier alpha value is -0.700. The predicted molar refractivity (Wildman–Crippen MR) is 63.6 cm³/mol. The molecule has 0 aliphatic heterocycles. The fourth-order valence-electron chi connectivity index (χ4n) is 0.966.